The molecule has 0 aromatic carbocycles. The van der Waals surface area contributed by atoms with Crippen LogP contribution in [-0.2, 0) is 4.74 Å². The van der Waals surface area contributed by atoms with E-state index in [0.29, 0.717) is 12.1 Å². The fraction of sp³-hybridized carbons (Fsp3) is 1.00. The molecule has 2 rings (SSSR count). The molecule has 1 aliphatic carbocycles. The van der Waals surface area contributed by atoms with Crippen molar-refractivity contribution in [3.05, 3.63) is 0 Å². The molecule has 0 aromatic rings. The van der Waals surface area contributed by atoms with Crippen LogP contribution in [0.3, 0.4) is 0 Å². The van der Waals surface area contributed by atoms with Crippen LogP contribution in [-0.4, -0.2) is 25.8 Å². The predicted octanol–water partition coefficient (Wildman–Crippen LogP) is 2.58. The molecule has 0 amide bonds. The van der Waals surface area contributed by atoms with E-state index in [1.165, 1.54) is 38.5 Å². The average Bonchev–Trinajstić information content (AvgIpc) is 2.96. The van der Waals surface area contributed by atoms with Gasteiger partial charge in [-0.15, -0.1) is 0 Å². The van der Waals surface area contributed by atoms with Crippen LogP contribution in [0.15, 0.2) is 0 Å². The summed E-state index contributed by atoms with van der Waals surface area (Å²) in [5, 5.41) is 3.51. The van der Waals surface area contributed by atoms with Gasteiger partial charge in [0.15, 0.2) is 0 Å². The van der Waals surface area contributed by atoms with Crippen molar-refractivity contribution < 1.29 is 4.74 Å². The average molecular weight is 211 g/mol. The fourth-order valence-electron chi connectivity index (χ4n) is 2.94. The molecule has 0 bridgehead atoms. The van der Waals surface area contributed by atoms with Crippen LogP contribution in [0.25, 0.3) is 0 Å². The standard InChI is InChI=1S/C13H25NO/c1-3-13-11(8-9-15-13)12(14-2)7-6-10-4-5-10/h10-14H,3-9H2,1-2H3. The SMILES string of the molecule is CCC1OCCC1C(CCC1CC1)NC. The van der Waals surface area contributed by atoms with E-state index in [-0.39, 0.29) is 0 Å². The highest BCUT2D eigenvalue weighted by Gasteiger charge is 2.33. The Hall–Kier alpha value is -0.0800. The lowest BCUT2D eigenvalue weighted by Gasteiger charge is -2.26. The van der Waals surface area contributed by atoms with Crippen molar-refractivity contribution in [1.29, 1.82) is 0 Å². The second kappa shape index (κ2) is 5.31. The van der Waals surface area contributed by atoms with E-state index in [1.54, 1.807) is 0 Å². The fourth-order valence-corrected chi connectivity index (χ4v) is 2.94. The zero-order valence-corrected chi connectivity index (χ0v) is 10.2. The Morgan fingerprint density at radius 3 is 2.73 bits per heavy atom. The molecule has 3 atom stereocenters. The first-order valence-electron chi connectivity index (χ1n) is 6.64. The third kappa shape index (κ3) is 2.94. The van der Waals surface area contributed by atoms with Crippen LogP contribution in [0.4, 0.5) is 0 Å². The quantitative estimate of drug-likeness (QED) is 0.729. The summed E-state index contributed by atoms with van der Waals surface area (Å²) in [5.41, 5.74) is 0. The van der Waals surface area contributed by atoms with Gasteiger partial charge in [-0.3, -0.25) is 0 Å². The third-order valence-corrected chi connectivity index (χ3v) is 4.13. The molecule has 1 aliphatic heterocycles. The first kappa shape index (κ1) is 11.4. The minimum Gasteiger partial charge on any atom is -0.378 e. The van der Waals surface area contributed by atoms with Gasteiger partial charge in [0.2, 0.25) is 0 Å². The van der Waals surface area contributed by atoms with Gasteiger partial charge < -0.3 is 10.1 Å². The Bertz CT molecular complexity index is 191. The van der Waals surface area contributed by atoms with E-state index in [9.17, 15) is 0 Å². The highest BCUT2D eigenvalue weighted by molar-refractivity contribution is 4.86. The zero-order chi connectivity index (χ0) is 10.7. The monoisotopic (exact) mass is 211 g/mol. The molecule has 2 heteroatoms. The molecule has 1 saturated carbocycles. The van der Waals surface area contributed by atoms with Gasteiger partial charge in [0.25, 0.3) is 0 Å². The van der Waals surface area contributed by atoms with Gasteiger partial charge in [-0.05, 0) is 38.6 Å². The van der Waals surface area contributed by atoms with E-state index in [1.807, 2.05) is 0 Å². The molecular weight excluding hydrogens is 186 g/mol. The van der Waals surface area contributed by atoms with Crippen LogP contribution < -0.4 is 5.32 Å². The van der Waals surface area contributed by atoms with Crippen molar-refractivity contribution in [2.75, 3.05) is 13.7 Å². The maximum absolute atomic E-state index is 5.78. The highest BCUT2D eigenvalue weighted by Crippen LogP contribution is 2.36. The highest BCUT2D eigenvalue weighted by atomic mass is 16.5. The van der Waals surface area contributed by atoms with Crippen LogP contribution in [0, 0.1) is 11.8 Å². The summed E-state index contributed by atoms with van der Waals surface area (Å²) in [6.45, 7) is 3.22. The van der Waals surface area contributed by atoms with Crippen molar-refractivity contribution >= 4 is 0 Å². The summed E-state index contributed by atoms with van der Waals surface area (Å²) < 4.78 is 5.78. The maximum atomic E-state index is 5.78. The van der Waals surface area contributed by atoms with Crippen molar-refractivity contribution in [3.8, 4) is 0 Å². The summed E-state index contributed by atoms with van der Waals surface area (Å²) in [7, 11) is 2.11. The van der Waals surface area contributed by atoms with Crippen LogP contribution >= 0.6 is 0 Å². The molecular formula is C13H25NO. The lowest BCUT2D eigenvalue weighted by Crippen LogP contribution is -2.37. The van der Waals surface area contributed by atoms with E-state index >= 15 is 0 Å². The zero-order valence-electron chi connectivity index (χ0n) is 10.2. The lowest BCUT2D eigenvalue weighted by atomic mass is 9.88. The van der Waals surface area contributed by atoms with E-state index in [2.05, 4.69) is 19.3 Å². The van der Waals surface area contributed by atoms with Gasteiger partial charge in [-0.2, -0.15) is 0 Å². The lowest BCUT2D eigenvalue weighted by molar-refractivity contribution is 0.0769. The van der Waals surface area contributed by atoms with E-state index < -0.39 is 0 Å². The van der Waals surface area contributed by atoms with Crippen molar-refractivity contribution in [2.45, 2.75) is 57.6 Å². The van der Waals surface area contributed by atoms with Crippen molar-refractivity contribution in [3.63, 3.8) is 0 Å². The molecule has 3 unspecified atom stereocenters. The summed E-state index contributed by atoms with van der Waals surface area (Å²) in [6, 6.07) is 0.693. The van der Waals surface area contributed by atoms with Crippen molar-refractivity contribution in [2.24, 2.45) is 11.8 Å². The number of nitrogens with one attached hydrogen (secondary N) is 1. The molecule has 0 radical (unpaired) electrons. The third-order valence-electron chi connectivity index (χ3n) is 4.13. The second-order valence-electron chi connectivity index (χ2n) is 5.19. The Labute approximate surface area is 93.8 Å². The normalized spacial score (nSPS) is 33.2. The molecule has 15 heavy (non-hydrogen) atoms. The van der Waals surface area contributed by atoms with Gasteiger partial charge in [0, 0.05) is 18.6 Å². The molecule has 88 valence electrons. The van der Waals surface area contributed by atoms with Crippen LogP contribution in [0.2, 0.25) is 0 Å². The number of hydrogen-bond donors (Lipinski definition) is 1. The molecule has 2 fully saturated rings. The summed E-state index contributed by atoms with van der Waals surface area (Å²) >= 11 is 0. The topological polar surface area (TPSA) is 21.3 Å². The Morgan fingerprint density at radius 1 is 1.33 bits per heavy atom. The molecule has 1 saturated heterocycles. The maximum Gasteiger partial charge on any atom is 0.0616 e. The first-order chi connectivity index (χ1) is 7.35. The smallest absolute Gasteiger partial charge is 0.0616 e. The van der Waals surface area contributed by atoms with Crippen molar-refractivity contribution in [1.82, 2.24) is 5.32 Å². The summed E-state index contributed by atoms with van der Waals surface area (Å²) in [6.07, 6.45) is 8.69. The Morgan fingerprint density at radius 2 is 2.13 bits per heavy atom. The first-order valence-corrected chi connectivity index (χ1v) is 6.64. The number of hydrogen-bond acceptors (Lipinski definition) is 2. The second-order valence-corrected chi connectivity index (χ2v) is 5.19. The Balaban J connectivity index is 1.80. The van der Waals surface area contributed by atoms with Gasteiger partial charge >= 0.3 is 0 Å². The molecule has 2 aliphatic rings. The van der Waals surface area contributed by atoms with Gasteiger partial charge in [-0.1, -0.05) is 19.8 Å². The largest absolute Gasteiger partial charge is 0.378 e. The van der Waals surface area contributed by atoms with Gasteiger partial charge in [0.05, 0.1) is 6.10 Å². The predicted molar refractivity (Wildman–Crippen MR) is 62.9 cm³/mol. The minimum atomic E-state index is 0.515. The molecule has 0 spiro atoms. The summed E-state index contributed by atoms with van der Waals surface area (Å²) in [5.74, 6) is 1.82. The van der Waals surface area contributed by atoms with Gasteiger partial charge in [0.1, 0.15) is 0 Å². The molecule has 1 N–H and O–H groups in total. The summed E-state index contributed by atoms with van der Waals surface area (Å²) in [4.78, 5) is 0. The van der Waals surface area contributed by atoms with E-state index in [0.717, 1.165) is 18.4 Å². The minimum absolute atomic E-state index is 0.515. The van der Waals surface area contributed by atoms with E-state index in [4.69, 9.17) is 4.74 Å². The Kier molecular flexibility index (Phi) is 4.04. The van der Waals surface area contributed by atoms with Crippen LogP contribution in [0.5, 0.6) is 0 Å². The van der Waals surface area contributed by atoms with Gasteiger partial charge in [-0.25, -0.2) is 0 Å². The molecule has 0 aromatic heterocycles. The number of rotatable bonds is 6. The molecule has 2 nitrogen and oxygen atoms in total. The van der Waals surface area contributed by atoms with Crippen LogP contribution in [0.1, 0.15) is 45.4 Å². The number of ether oxygens (including phenoxy) is 1. The molecule has 1 heterocycles.